The number of rotatable bonds is 9. The van der Waals surface area contributed by atoms with E-state index in [0.29, 0.717) is 5.56 Å². The first-order chi connectivity index (χ1) is 14.0. The van der Waals surface area contributed by atoms with Crippen molar-refractivity contribution in [3.63, 3.8) is 0 Å². The van der Waals surface area contributed by atoms with Crippen molar-refractivity contribution in [2.45, 2.75) is 18.7 Å². The van der Waals surface area contributed by atoms with Crippen LogP contribution in [0.1, 0.15) is 24.2 Å². The van der Waals surface area contributed by atoms with Crippen molar-refractivity contribution >= 4 is 35.2 Å². The second kappa shape index (κ2) is 11.8. The van der Waals surface area contributed by atoms with Crippen LogP contribution in [0.15, 0.2) is 59.5 Å². The van der Waals surface area contributed by atoms with Crippen LogP contribution in [0.5, 0.6) is 0 Å². The van der Waals surface area contributed by atoms with Gasteiger partial charge in [0.05, 0.1) is 5.75 Å². The number of hydrazine groups is 1. The molecule has 0 saturated carbocycles. The van der Waals surface area contributed by atoms with E-state index < -0.39 is 24.4 Å². The molecule has 0 aromatic heterocycles. The first-order valence-electron chi connectivity index (χ1n) is 9.31. The number of benzene rings is 2. The zero-order chi connectivity index (χ0) is 21.1. The zero-order valence-corrected chi connectivity index (χ0v) is 17.3. The van der Waals surface area contributed by atoms with Crippen LogP contribution in [0.2, 0.25) is 0 Å². The number of carbonyl (C=O) groups is 3. The quantitative estimate of drug-likeness (QED) is 0.372. The number of hydrogen-bond acceptors (Lipinski definition) is 6. The van der Waals surface area contributed by atoms with E-state index in [1.807, 2.05) is 42.5 Å². The fourth-order valence-corrected chi connectivity index (χ4v) is 3.21. The molecule has 0 heterocycles. The van der Waals surface area contributed by atoms with Gasteiger partial charge in [0, 0.05) is 29.2 Å². The molecule has 0 spiro atoms. The van der Waals surface area contributed by atoms with E-state index in [2.05, 4.69) is 29.6 Å². The number of nitrogens with one attached hydrogen (secondary N) is 2. The standard InChI is InChI=1S/C21H25N3O4S/c1-3-24(4-2)17-12-10-16(11-13-17)21(27)23-22-19(25)14-28-20(26)15-29-18-8-6-5-7-9-18/h5-13H,3-4,14-15H2,1-2H3,(H,22,25)(H,23,27). The van der Waals surface area contributed by atoms with Crippen molar-refractivity contribution in [1.82, 2.24) is 10.9 Å². The molecule has 0 aliphatic rings. The lowest BCUT2D eigenvalue weighted by Gasteiger charge is -2.21. The maximum atomic E-state index is 12.1. The summed E-state index contributed by atoms with van der Waals surface area (Å²) in [5, 5.41) is 0. The molecule has 0 bridgehead atoms. The molecule has 0 atom stereocenters. The van der Waals surface area contributed by atoms with Gasteiger partial charge in [-0.2, -0.15) is 0 Å². The number of esters is 1. The van der Waals surface area contributed by atoms with Crippen molar-refractivity contribution in [2.75, 3.05) is 30.3 Å². The third kappa shape index (κ3) is 7.50. The Labute approximate surface area is 174 Å². The fourth-order valence-electron chi connectivity index (χ4n) is 2.49. The van der Waals surface area contributed by atoms with Crippen LogP contribution < -0.4 is 15.8 Å². The largest absolute Gasteiger partial charge is 0.455 e. The second-order valence-corrected chi connectivity index (χ2v) is 7.03. The van der Waals surface area contributed by atoms with E-state index >= 15 is 0 Å². The minimum absolute atomic E-state index is 0.0997. The minimum Gasteiger partial charge on any atom is -0.455 e. The molecule has 2 rings (SSSR count). The van der Waals surface area contributed by atoms with Gasteiger partial charge in [0.1, 0.15) is 0 Å². The van der Waals surface area contributed by atoms with Crippen LogP contribution in [-0.2, 0) is 14.3 Å². The molecule has 2 amide bonds. The highest BCUT2D eigenvalue weighted by Gasteiger charge is 2.11. The number of nitrogens with zero attached hydrogens (tertiary/aromatic N) is 1. The van der Waals surface area contributed by atoms with E-state index in [-0.39, 0.29) is 5.75 Å². The van der Waals surface area contributed by atoms with Crippen LogP contribution in [0, 0.1) is 0 Å². The van der Waals surface area contributed by atoms with Gasteiger partial charge in [-0.25, -0.2) is 0 Å². The molecule has 0 aliphatic heterocycles. The average molecular weight is 416 g/mol. The SMILES string of the molecule is CCN(CC)c1ccc(C(=O)NNC(=O)COC(=O)CSc2ccccc2)cc1. The highest BCUT2D eigenvalue weighted by molar-refractivity contribution is 8.00. The summed E-state index contributed by atoms with van der Waals surface area (Å²) in [6.07, 6.45) is 0. The number of thioether (sulfide) groups is 1. The van der Waals surface area contributed by atoms with E-state index in [1.165, 1.54) is 11.8 Å². The summed E-state index contributed by atoms with van der Waals surface area (Å²) in [7, 11) is 0. The molecule has 29 heavy (non-hydrogen) atoms. The lowest BCUT2D eigenvalue weighted by molar-refractivity contribution is -0.146. The number of ether oxygens (including phenoxy) is 1. The van der Waals surface area contributed by atoms with Crippen molar-refractivity contribution in [3.8, 4) is 0 Å². The predicted octanol–water partition coefficient (Wildman–Crippen LogP) is 2.63. The van der Waals surface area contributed by atoms with Gasteiger partial charge in [-0.05, 0) is 50.2 Å². The van der Waals surface area contributed by atoms with E-state index in [1.54, 1.807) is 12.1 Å². The maximum Gasteiger partial charge on any atom is 0.316 e. The van der Waals surface area contributed by atoms with Crippen molar-refractivity contribution in [2.24, 2.45) is 0 Å². The number of amides is 2. The van der Waals surface area contributed by atoms with E-state index in [0.717, 1.165) is 23.7 Å². The van der Waals surface area contributed by atoms with E-state index in [9.17, 15) is 14.4 Å². The molecule has 0 unspecified atom stereocenters. The summed E-state index contributed by atoms with van der Waals surface area (Å²) in [5.41, 5.74) is 5.98. The zero-order valence-electron chi connectivity index (χ0n) is 16.5. The molecule has 0 radical (unpaired) electrons. The molecular formula is C21H25N3O4S. The topological polar surface area (TPSA) is 87.7 Å². The smallest absolute Gasteiger partial charge is 0.316 e. The summed E-state index contributed by atoms with van der Waals surface area (Å²) in [6, 6.07) is 16.5. The second-order valence-electron chi connectivity index (χ2n) is 5.98. The normalized spacial score (nSPS) is 10.1. The summed E-state index contributed by atoms with van der Waals surface area (Å²) in [5.74, 6) is -1.47. The molecule has 2 N–H and O–H groups in total. The van der Waals surface area contributed by atoms with Gasteiger partial charge in [-0.15, -0.1) is 11.8 Å². The fraction of sp³-hybridized carbons (Fsp3) is 0.286. The van der Waals surface area contributed by atoms with Crippen LogP contribution in [0.4, 0.5) is 5.69 Å². The molecule has 2 aromatic carbocycles. The third-order valence-electron chi connectivity index (χ3n) is 4.04. The van der Waals surface area contributed by atoms with Crippen molar-refractivity contribution in [3.05, 3.63) is 60.2 Å². The lowest BCUT2D eigenvalue weighted by Crippen LogP contribution is -2.43. The van der Waals surface area contributed by atoms with Crippen LogP contribution in [0.3, 0.4) is 0 Å². The van der Waals surface area contributed by atoms with Crippen molar-refractivity contribution in [1.29, 1.82) is 0 Å². The Bertz CT molecular complexity index is 808. The van der Waals surface area contributed by atoms with E-state index in [4.69, 9.17) is 4.74 Å². The van der Waals surface area contributed by atoms with Gasteiger partial charge in [0.2, 0.25) is 0 Å². The van der Waals surface area contributed by atoms with Gasteiger partial charge >= 0.3 is 5.97 Å². The Morgan fingerprint density at radius 3 is 2.21 bits per heavy atom. The first-order valence-corrected chi connectivity index (χ1v) is 10.3. The monoisotopic (exact) mass is 415 g/mol. The summed E-state index contributed by atoms with van der Waals surface area (Å²) >= 11 is 1.32. The minimum atomic E-state index is -0.615. The molecule has 8 heteroatoms. The Morgan fingerprint density at radius 1 is 0.931 bits per heavy atom. The molecule has 0 saturated heterocycles. The maximum absolute atomic E-state index is 12.1. The Morgan fingerprint density at radius 2 is 1.59 bits per heavy atom. The Balaban J connectivity index is 1.70. The van der Waals surface area contributed by atoms with Crippen LogP contribution >= 0.6 is 11.8 Å². The van der Waals surface area contributed by atoms with Crippen molar-refractivity contribution < 1.29 is 19.1 Å². The van der Waals surface area contributed by atoms with Gasteiger partial charge in [-0.3, -0.25) is 25.2 Å². The van der Waals surface area contributed by atoms with Gasteiger partial charge < -0.3 is 9.64 Å². The summed E-state index contributed by atoms with van der Waals surface area (Å²) in [4.78, 5) is 38.7. The highest BCUT2D eigenvalue weighted by atomic mass is 32.2. The van der Waals surface area contributed by atoms with Gasteiger partial charge in [-0.1, -0.05) is 18.2 Å². The number of carbonyl (C=O) groups excluding carboxylic acids is 3. The van der Waals surface area contributed by atoms with Gasteiger partial charge in [0.25, 0.3) is 11.8 Å². The van der Waals surface area contributed by atoms with Gasteiger partial charge in [0.15, 0.2) is 6.61 Å². The van der Waals surface area contributed by atoms with Crippen LogP contribution in [-0.4, -0.2) is 43.2 Å². The summed E-state index contributed by atoms with van der Waals surface area (Å²) in [6.45, 7) is 5.41. The molecule has 7 nitrogen and oxygen atoms in total. The Hall–Kier alpha value is -3.00. The third-order valence-corrected chi connectivity index (χ3v) is 5.02. The molecule has 2 aromatic rings. The molecule has 0 fully saturated rings. The first kappa shape index (κ1) is 22.3. The molecule has 154 valence electrons. The average Bonchev–Trinajstić information content (AvgIpc) is 2.76. The Kier molecular flexibility index (Phi) is 9.04. The summed E-state index contributed by atoms with van der Waals surface area (Å²) < 4.78 is 4.90. The number of anilines is 1. The lowest BCUT2D eigenvalue weighted by atomic mass is 10.2. The van der Waals surface area contributed by atoms with Crippen LogP contribution in [0.25, 0.3) is 0 Å². The molecular weight excluding hydrogens is 390 g/mol. The number of hydrogen-bond donors (Lipinski definition) is 2. The highest BCUT2D eigenvalue weighted by Crippen LogP contribution is 2.17. The predicted molar refractivity (Wildman–Crippen MR) is 114 cm³/mol. The molecule has 0 aliphatic carbocycles.